The Bertz CT molecular complexity index is 622. The van der Waals surface area contributed by atoms with Crippen LogP contribution in [0.1, 0.15) is 31.7 Å². The Kier molecular flexibility index (Phi) is 4.65. The van der Waals surface area contributed by atoms with Crippen molar-refractivity contribution < 1.29 is 13.2 Å². The summed E-state index contributed by atoms with van der Waals surface area (Å²) in [6, 6.07) is 6.28. The number of hydrogen-bond donors (Lipinski definition) is 3. The fraction of sp³-hybridized carbons (Fsp3) is 0.500. The van der Waals surface area contributed by atoms with E-state index >= 15 is 0 Å². The van der Waals surface area contributed by atoms with Crippen molar-refractivity contribution in [3.8, 4) is 0 Å². The van der Waals surface area contributed by atoms with Crippen molar-refractivity contribution in [2.75, 3.05) is 6.54 Å². The van der Waals surface area contributed by atoms with E-state index in [1.807, 2.05) is 6.92 Å². The SMILES string of the molecule is CC1(C(=O)NCc2cccc(S(N)(=O)=O)c2)CCCCN1. The number of carbonyl (C=O) groups is 1. The lowest BCUT2D eigenvalue weighted by Gasteiger charge is -2.33. The van der Waals surface area contributed by atoms with E-state index < -0.39 is 15.6 Å². The van der Waals surface area contributed by atoms with Crippen LogP contribution >= 0.6 is 0 Å². The highest BCUT2D eigenvalue weighted by Crippen LogP contribution is 2.19. The van der Waals surface area contributed by atoms with Gasteiger partial charge in [-0.05, 0) is 50.4 Å². The Morgan fingerprint density at radius 3 is 2.81 bits per heavy atom. The minimum Gasteiger partial charge on any atom is -0.350 e. The summed E-state index contributed by atoms with van der Waals surface area (Å²) in [5, 5.41) is 11.2. The highest BCUT2D eigenvalue weighted by atomic mass is 32.2. The first kappa shape index (κ1) is 15.9. The quantitative estimate of drug-likeness (QED) is 0.753. The van der Waals surface area contributed by atoms with Crippen LogP contribution in [-0.2, 0) is 21.4 Å². The van der Waals surface area contributed by atoms with Crippen LogP contribution in [0.5, 0.6) is 0 Å². The van der Waals surface area contributed by atoms with E-state index in [9.17, 15) is 13.2 Å². The maximum absolute atomic E-state index is 12.3. The number of rotatable bonds is 4. The van der Waals surface area contributed by atoms with E-state index in [1.54, 1.807) is 12.1 Å². The molecule has 21 heavy (non-hydrogen) atoms. The van der Waals surface area contributed by atoms with Gasteiger partial charge in [-0.15, -0.1) is 0 Å². The largest absolute Gasteiger partial charge is 0.350 e. The standard InChI is InChI=1S/C14H21N3O3S/c1-14(7-2-3-8-17-14)13(18)16-10-11-5-4-6-12(9-11)21(15,19)20/h4-6,9,17H,2-3,7-8,10H2,1H3,(H,16,18)(H2,15,19,20). The summed E-state index contributed by atoms with van der Waals surface area (Å²) in [7, 11) is -3.72. The Morgan fingerprint density at radius 1 is 1.43 bits per heavy atom. The molecule has 0 aromatic heterocycles. The van der Waals surface area contributed by atoms with E-state index in [2.05, 4.69) is 10.6 Å². The van der Waals surface area contributed by atoms with E-state index in [0.717, 1.165) is 25.8 Å². The Balaban J connectivity index is 2.01. The van der Waals surface area contributed by atoms with E-state index in [0.29, 0.717) is 5.56 Å². The second kappa shape index (κ2) is 6.13. The van der Waals surface area contributed by atoms with Crippen LogP contribution in [0.4, 0.5) is 0 Å². The minimum absolute atomic E-state index is 0.0521. The number of nitrogens with two attached hydrogens (primary N) is 1. The van der Waals surface area contributed by atoms with Crippen molar-refractivity contribution in [1.82, 2.24) is 10.6 Å². The zero-order valence-electron chi connectivity index (χ0n) is 12.1. The molecule has 1 aromatic carbocycles. The molecule has 0 saturated carbocycles. The maximum Gasteiger partial charge on any atom is 0.240 e. The zero-order valence-corrected chi connectivity index (χ0v) is 12.9. The number of carbonyl (C=O) groups excluding carboxylic acids is 1. The number of hydrogen-bond acceptors (Lipinski definition) is 4. The fourth-order valence-corrected chi connectivity index (χ4v) is 3.04. The molecule has 116 valence electrons. The number of nitrogens with one attached hydrogen (secondary N) is 2. The van der Waals surface area contributed by atoms with Gasteiger partial charge in [0.2, 0.25) is 15.9 Å². The topological polar surface area (TPSA) is 101 Å². The number of amides is 1. The molecule has 0 radical (unpaired) electrons. The average Bonchev–Trinajstić information content (AvgIpc) is 2.45. The molecule has 1 heterocycles. The van der Waals surface area contributed by atoms with Crippen LogP contribution in [0.25, 0.3) is 0 Å². The molecule has 2 rings (SSSR count). The van der Waals surface area contributed by atoms with Crippen molar-refractivity contribution >= 4 is 15.9 Å². The normalized spacial score (nSPS) is 22.8. The summed E-state index contributed by atoms with van der Waals surface area (Å²) in [4.78, 5) is 12.3. The van der Waals surface area contributed by atoms with Gasteiger partial charge in [-0.25, -0.2) is 13.6 Å². The summed E-state index contributed by atoms with van der Waals surface area (Å²) >= 11 is 0. The fourth-order valence-electron chi connectivity index (χ4n) is 2.46. The summed E-state index contributed by atoms with van der Waals surface area (Å²) < 4.78 is 22.6. The Morgan fingerprint density at radius 2 is 2.19 bits per heavy atom. The monoisotopic (exact) mass is 311 g/mol. The molecule has 1 aliphatic rings. The van der Waals surface area contributed by atoms with Crippen LogP contribution in [0.3, 0.4) is 0 Å². The van der Waals surface area contributed by atoms with Crippen LogP contribution in [0.2, 0.25) is 0 Å². The lowest BCUT2D eigenvalue weighted by Crippen LogP contribution is -2.56. The molecule has 1 unspecified atom stereocenters. The van der Waals surface area contributed by atoms with Crippen molar-refractivity contribution in [3.63, 3.8) is 0 Å². The van der Waals surface area contributed by atoms with E-state index in [1.165, 1.54) is 12.1 Å². The first-order valence-electron chi connectivity index (χ1n) is 6.96. The van der Waals surface area contributed by atoms with Crippen LogP contribution in [0, 0.1) is 0 Å². The molecule has 1 amide bonds. The van der Waals surface area contributed by atoms with Gasteiger partial charge in [0.05, 0.1) is 10.4 Å². The molecule has 1 aromatic rings. The summed E-state index contributed by atoms with van der Waals surface area (Å²) in [6.45, 7) is 3.01. The molecule has 6 nitrogen and oxygen atoms in total. The van der Waals surface area contributed by atoms with Gasteiger partial charge in [0.15, 0.2) is 0 Å². The van der Waals surface area contributed by atoms with Gasteiger partial charge in [-0.2, -0.15) is 0 Å². The molecule has 1 aliphatic heterocycles. The molecule has 0 bridgehead atoms. The molecular formula is C14H21N3O3S. The molecule has 1 fully saturated rings. The Hall–Kier alpha value is -1.44. The molecule has 1 saturated heterocycles. The summed E-state index contributed by atoms with van der Waals surface area (Å²) in [6.07, 6.45) is 2.91. The van der Waals surface area contributed by atoms with Crippen molar-refractivity contribution in [2.45, 2.75) is 43.2 Å². The number of primary sulfonamides is 1. The third-order valence-electron chi connectivity index (χ3n) is 3.80. The average molecular weight is 311 g/mol. The second-order valence-electron chi connectivity index (χ2n) is 5.59. The van der Waals surface area contributed by atoms with Gasteiger partial charge < -0.3 is 10.6 Å². The van der Waals surface area contributed by atoms with Gasteiger partial charge in [0.25, 0.3) is 0 Å². The first-order valence-corrected chi connectivity index (χ1v) is 8.51. The first-order chi connectivity index (χ1) is 9.81. The molecule has 1 atom stereocenters. The van der Waals surface area contributed by atoms with Crippen LogP contribution < -0.4 is 15.8 Å². The third kappa shape index (κ3) is 4.03. The smallest absolute Gasteiger partial charge is 0.240 e. The van der Waals surface area contributed by atoms with Crippen molar-refractivity contribution in [3.05, 3.63) is 29.8 Å². The highest BCUT2D eigenvalue weighted by molar-refractivity contribution is 7.89. The number of benzene rings is 1. The number of sulfonamides is 1. The van der Waals surface area contributed by atoms with Crippen molar-refractivity contribution in [2.24, 2.45) is 5.14 Å². The Labute approximate surface area is 125 Å². The zero-order chi connectivity index (χ0) is 15.5. The molecular weight excluding hydrogens is 290 g/mol. The van der Waals surface area contributed by atoms with Crippen molar-refractivity contribution in [1.29, 1.82) is 0 Å². The van der Waals surface area contributed by atoms with E-state index in [4.69, 9.17) is 5.14 Å². The minimum atomic E-state index is -3.72. The lowest BCUT2D eigenvalue weighted by atomic mass is 9.90. The molecule has 0 aliphatic carbocycles. The molecule has 4 N–H and O–H groups in total. The highest BCUT2D eigenvalue weighted by Gasteiger charge is 2.33. The van der Waals surface area contributed by atoms with Gasteiger partial charge in [0, 0.05) is 6.54 Å². The third-order valence-corrected chi connectivity index (χ3v) is 4.71. The molecule has 0 spiro atoms. The van der Waals surface area contributed by atoms with Gasteiger partial charge >= 0.3 is 0 Å². The number of piperidine rings is 1. The van der Waals surface area contributed by atoms with Crippen LogP contribution in [0.15, 0.2) is 29.2 Å². The summed E-state index contributed by atoms with van der Waals surface area (Å²) in [5.74, 6) is -0.0665. The predicted octanol–water partition coefficient (Wildman–Crippen LogP) is 0.482. The van der Waals surface area contributed by atoms with Crippen LogP contribution in [-0.4, -0.2) is 26.4 Å². The predicted molar refractivity (Wildman–Crippen MR) is 79.9 cm³/mol. The second-order valence-corrected chi connectivity index (χ2v) is 7.15. The maximum atomic E-state index is 12.3. The van der Waals surface area contributed by atoms with Gasteiger partial charge in [-0.3, -0.25) is 4.79 Å². The molecule has 7 heteroatoms. The summed E-state index contributed by atoms with van der Waals surface area (Å²) in [5.41, 5.74) is 0.157. The lowest BCUT2D eigenvalue weighted by molar-refractivity contribution is -0.128. The van der Waals surface area contributed by atoms with E-state index in [-0.39, 0.29) is 17.3 Å². The van der Waals surface area contributed by atoms with Gasteiger partial charge in [-0.1, -0.05) is 12.1 Å². The van der Waals surface area contributed by atoms with Gasteiger partial charge in [0.1, 0.15) is 0 Å².